The molecule has 0 unspecified atom stereocenters. The van der Waals surface area contributed by atoms with E-state index in [1.807, 2.05) is 13.8 Å². The van der Waals surface area contributed by atoms with E-state index in [4.69, 9.17) is 5.73 Å². The number of halogens is 3. The van der Waals surface area contributed by atoms with Gasteiger partial charge < -0.3 is 15.5 Å². The van der Waals surface area contributed by atoms with Crippen LogP contribution in [0.25, 0.3) is 0 Å². The highest BCUT2D eigenvalue weighted by atomic mass is 19.4. The minimum atomic E-state index is -4.55. The van der Waals surface area contributed by atoms with Crippen molar-refractivity contribution in [3.05, 3.63) is 18.0 Å². The highest BCUT2D eigenvalue weighted by molar-refractivity contribution is 5.83. The maximum Gasteiger partial charge on any atom is 0.433 e. The summed E-state index contributed by atoms with van der Waals surface area (Å²) in [6.07, 6.45) is -3.59. The van der Waals surface area contributed by atoms with Gasteiger partial charge in [0, 0.05) is 20.1 Å². The van der Waals surface area contributed by atoms with Crippen molar-refractivity contribution in [1.82, 2.24) is 9.88 Å². The Morgan fingerprint density at radius 1 is 1.33 bits per heavy atom. The lowest BCUT2D eigenvalue weighted by atomic mass is 10.2. The average Bonchev–Trinajstić information content (AvgIpc) is 2.39. The Kier molecular flexibility index (Phi) is 5.40. The maximum atomic E-state index is 12.7. The molecule has 0 spiro atoms. The molecule has 1 amide bonds. The molecule has 0 aliphatic rings. The molecule has 0 saturated heterocycles. The van der Waals surface area contributed by atoms with Crippen LogP contribution < -0.4 is 10.6 Å². The fourth-order valence-electron chi connectivity index (χ4n) is 1.91. The van der Waals surface area contributed by atoms with Crippen molar-refractivity contribution in [2.75, 3.05) is 37.3 Å². The molecule has 1 rings (SSSR count). The largest absolute Gasteiger partial charge is 0.433 e. The smallest absolute Gasteiger partial charge is 0.396 e. The van der Waals surface area contributed by atoms with Crippen LogP contribution in [0.3, 0.4) is 0 Å². The number of anilines is 2. The number of likely N-dealkylation sites (N-methyl/N-ethyl adjacent to an activating group) is 2. The molecule has 1 heterocycles. The third-order valence-corrected chi connectivity index (χ3v) is 3.10. The van der Waals surface area contributed by atoms with Gasteiger partial charge in [-0.05, 0) is 19.9 Å². The van der Waals surface area contributed by atoms with E-state index in [-0.39, 0.29) is 23.8 Å². The van der Waals surface area contributed by atoms with Crippen molar-refractivity contribution in [3.8, 4) is 0 Å². The summed E-state index contributed by atoms with van der Waals surface area (Å²) in [6.45, 7) is 4.71. The van der Waals surface area contributed by atoms with Crippen LogP contribution in [0.1, 0.15) is 19.5 Å². The fourth-order valence-corrected chi connectivity index (χ4v) is 1.91. The first-order valence-electron chi connectivity index (χ1n) is 6.52. The summed E-state index contributed by atoms with van der Waals surface area (Å²) in [5, 5.41) is 0. The van der Waals surface area contributed by atoms with E-state index in [0.717, 1.165) is 12.3 Å². The number of alkyl halides is 3. The summed E-state index contributed by atoms with van der Waals surface area (Å²) >= 11 is 0. The number of rotatable bonds is 5. The van der Waals surface area contributed by atoms with Crippen LogP contribution in [0, 0.1) is 0 Å². The molecule has 8 heteroatoms. The second-order valence-corrected chi connectivity index (χ2v) is 4.55. The second-order valence-electron chi connectivity index (χ2n) is 4.55. The zero-order valence-corrected chi connectivity index (χ0v) is 12.2. The van der Waals surface area contributed by atoms with Crippen LogP contribution in [0.2, 0.25) is 0 Å². The van der Waals surface area contributed by atoms with E-state index in [2.05, 4.69) is 4.98 Å². The number of pyridine rings is 1. The third-order valence-electron chi connectivity index (χ3n) is 3.10. The SMILES string of the molecule is CCN(CC)C(=O)CN(C)c1cc(C(F)(F)F)ncc1N. The number of carbonyl (C=O) groups is 1. The van der Waals surface area contributed by atoms with Crippen LogP contribution in [0.5, 0.6) is 0 Å². The van der Waals surface area contributed by atoms with Gasteiger partial charge in [0.2, 0.25) is 5.91 Å². The molecule has 0 aliphatic heterocycles. The van der Waals surface area contributed by atoms with Gasteiger partial charge in [0.15, 0.2) is 0 Å². The Labute approximate surface area is 121 Å². The molecule has 1 aromatic heterocycles. The van der Waals surface area contributed by atoms with Gasteiger partial charge in [-0.3, -0.25) is 4.79 Å². The van der Waals surface area contributed by atoms with Crippen LogP contribution in [-0.2, 0) is 11.0 Å². The molecule has 0 aromatic carbocycles. The van der Waals surface area contributed by atoms with Crippen molar-refractivity contribution >= 4 is 17.3 Å². The number of nitrogen functional groups attached to an aromatic ring is 1. The van der Waals surface area contributed by atoms with Gasteiger partial charge in [-0.1, -0.05) is 0 Å². The Hall–Kier alpha value is -1.99. The van der Waals surface area contributed by atoms with E-state index in [0.29, 0.717) is 13.1 Å². The molecule has 118 valence electrons. The van der Waals surface area contributed by atoms with E-state index < -0.39 is 11.9 Å². The average molecular weight is 304 g/mol. The van der Waals surface area contributed by atoms with Crippen LogP contribution in [0.4, 0.5) is 24.5 Å². The lowest BCUT2D eigenvalue weighted by Crippen LogP contribution is -2.39. The molecular formula is C13H19F3N4O. The zero-order valence-electron chi connectivity index (χ0n) is 12.2. The van der Waals surface area contributed by atoms with Crippen LogP contribution in [0.15, 0.2) is 12.3 Å². The third kappa shape index (κ3) is 4.24. The number of hydrogen-bond acceptors (Lipinski definition) is 4. The van der Waals surface area contributed by atoms with Crippen molar-refractivity contribution < 1.29 is 18.0 Å². The quantitative estimate of drug-likeness (QED) is 0.903. The number of carbonyl (C=O) groups excluding carboxylic acids is 1. The lowest BCUT2D eigenvalue weighted by molar-refractivity contribution is -0.141. The number of amides is 1. The monoisotopic (exact) mass is 304 g/mol. The van der Waals surface area contributed by atoms with E-state index in [1.165, 1.54) is 11.9 Å². The highest BCUT2D eigenvalue weighted by Gasteiger charge is 2.33. The molecule has 0 saturated carbocycles. The van der Waals surface area contributed by atoms with Gasteiger partial charge in [-0.2, -0.15) is 13.2 Å². The van der Waals surface area contributed by atoms with Gasteiger partial charge in [0.05, 0.1) is 24.1 Å². The normalized spacial score (nSPS) is 11.3. The van der Waals surface area contributed by atoms with Gasteiger partial charge in [-0.15, -0.1) is 0 Å². The van der Waals surface area contributed by atoms with Crippen molar-refractivity contribution in [3.63, 3.8) is 0 Å². The van der Waals surface area contributed by atoms with Crippen LogP contribution in [-0.4, -0.2) is 42.5 Å². The predicted octanol–water partition coefficient (Wildman–Crippen LogP) is 1.99. The number of nitrogens with zero attached hydrogens (tertiary/aromatic N) is 3. The number of nitrogens with two attached hydrogens (primary N) is 1. The van der Waals surface area contributed by atoms with E-state index >= 15 is 0 Å². The van der Waals surface area contributed by atoms with Gasteiger partial charge in [0.25, 0.3) is 0 Å². The molecule has 0 atom stereocenters. The lowest BCUT2D eigenvalue weighted by Gasteiger charge is -2.25. The first-order valence-corrected chi connectivity index (χ1v) is 6.52. The molecule has 1 aromatic rings. The predicted molar refractivity (Wildman–Crippen MR) is 74.8 cm³/mol. The van der Waals surface area contributed by atoms with Crippen molar-refractivity contribution in [1.29, 1.82) is 0 Å². The zero-order chi connectivity index (χ0) is 16.2. The van der Waals surface area contributed by atoms with E-state index in [9.17, 15) is 18.0 Å². The second kappa shape index (κ2) is 6.64. The Morgan fingerprint density at radius 3 is 2.38 bits per heavy atom. The molecule has 0 radical (unpaired) electrons. The molecule has 0 bridgehead atoms. The summed E-state index contributed by atoms with van der Waals surface area (Å²) < 4.78 is 38.0. The minimum Gasteiger partial charge on any atom is -0.396 e. The Bertz CT molecular complexity index is 501. The Balaban J connectivity index is 2.97. The number of hydrogen-bond donors (Lipinski definition) is 1. The summed E-state index contributed by atoms with van der Waals surface area (Å²) in [4.78, 5) is 18.2. The topological polar surface area (TPSA) is 62.5 Å². The summed E-state index contributed by atoms with van der Waals surface area (Å²) in [7, 11) is 1.52. The summed E-state index contributed by atoms with van der Waals surface area (Å²) in [5.74, 6) is -0.174. The maximum absolute atomic E-state index is 12.7. The fraction of sp³-hybridized carbons (Fsp3) is 0.538. The number of aromatic nitrogens is 1. The summed E-state index contributed by atoms with van der Waals surface area (Å²) in [6, 6.07) is 0.852. The first-order chi connectivity index (χ1) is 9.70. The van der Waals surface area contributed by atoms with Crippen molar-refractivity contribution in [2.24, 2.45) is 0 Å². The molecule has 2 N–H and O–H groups in total. The molecular weight excluding hydrogens is 285 g/mol. The van der Waals surface area contributed by atoms with Gasteiger partial charge in [-0.25, -0.2) is 4.98 Å². The minimum absolute atomic E-state index is 0.0484. The standard InChI is InChI=1S/C13H19F3N4O/c1-4-20(5-2)12(21)8-19(3)10-6-11(13(14,15)16)18-7-9(10)17/h6-7H,4-5,8,17H2,1-3H3. The van der Waals surface area contributed by atoms with Gasteiger partial charge >= 0.3 is 6.18 Å². The molecule has 0 aliphatic carbocycles. The molecule has 21 heavy (non-hydrogen) atoms. The Morgan fingerprint density at radius 2 is 1.90 bits per heavy atom. The molecule has 5 nitrogen and oxygen atoms in total. The molecule has 0 fully saturated rings. The summed E-state index contributed by atoms with van der Waals surface area (Å²) in [5.41, 5.74) is 4.85. The first kappa shape index (κ1) is 17.1. The van der Waals surface area contributed by atoms with E-state index in [1.54, 1.807) is 4.90 Å². The van der Waals surface area contributed by atoms with Gasteiger partial charge in [0.1, 0.15) is 5.69 Å². The van der Waals surface area contributed by atoms with Crippen molar-refractivity contribution in [2.45, 2.75) is 20.0 Å². The highest BCUT2D eigenvalue weighted by Crippen LogP contribution is 2.32. The van der Waals surface area contributed by atoms with Crippen LogP contribution >= 0.6 is 0 Å².